The predicted octanol–water partition coefficient (Wildman–Crippen LogP) is 4.30. The van der Waals surface area contributed by atoms with Crippen LogP contribution < -0.4 is 0 Å². The van der Waals surface area contributed by atoms with E-state index in [2.05, 4.69) is 50.8 Å². The summed E-state index contributed by atoms with van der Waals surface area (Å²) in [5.74, 6) is 0.564. The molecule has 1 unspecified atom stereocenters. The van der Waals surface area contributed by atoms with E-state index in [9.17, 15) is 0 Å². The topological polar surface area (TPSA) is 0 Å². The highest BCUT2D eigenvalue weighted by Gasteiger charge is 1.95. The summed E-state index contributed by atoms with van der Waals surface area (Å²) in [6.07, 6.45) is 5.35. The van der Waals surface area contributed by atoms with E-state index < -0.39 is 0 Å². The first-order chi connectivity index (χ1) is 6.74. The van der Waals surface area contributed by atoms with Gasteiger partial charge in [-0.2, -0.15) is 0 Å². The lowest BCUT2D eigenvalue weighted by Gasteiger charge is -2.03. The largest absolute Gasteiger partial charge is 0.103 e. The molecule has 74 valence electrons. The van der Waals surface area contributed by atoms with E-state index in [1.54, 1.807) is 0 Å². The second-order valence-electron chi connectivity index (χ2n) is 3.70. The summed E-state index contributed by atoms with van der Waals surface area (Å²) in [4.78, 5) is 0. The highest BCUT2D eigenvalue weighted by Crippen LogP contribution is 2.15. The van der Waals surface area contributed by atoms with Gasteiger partial charge in [0, 0.05) is 0 Å². The Morgan fingerprint density at radius 1 is 1.36 bits per heavy atom. The molecule has 0 aliphatic heterocycles. The fourth-order valence-corrected chi connectivity index (χ4v) is 1.28. The molecule has 0 spiro atoms. The molecule has 0 heteroatoms. The zero-order valence-electron chi connectivity index (χ0n) is 9.03. The van der Waals surface area contributed by atoms with Gasteiger partial charge in [0.25, 0.3) is 0 Å². The Kier molecular flexibility index (Phi) is 4.18. The van der Waals surface area contributed by atoms with Crippen LogP contribution in [0.4, 0.5) is 0 Å². The van der Waals surface area contributed by atoms with Gasteiger partial charge in [0.2, 0.25) is 0 Å². The molecule has 0 N–H and O–H groups in total. The lowest BCUT2D eigenvalue weighted by molar-refractivity contribution is 0.747. The summed E-state index contributed by atoms with van der Waals surface area (Å²) in [6.45, 7) is 8.12. The molecular weight excluding hydrogens is 168 g/mol. The smallest absolute Gasteiger partial charge is 0.0230 e. The molecule has 14 heavy (non-hydrogen) atoms. The Hall–Kier alpha value is -1.30. The number of allylic oxidation sites excluding steroid dienone is 3. The van der Waals surface area contributed by atoms with Crippen LogP contribution in [0.5, 0.6) is 0 Å². The Morgan fingerprint density at radius 2 is 2.00 bits per heavy atom. The molecular formula is C14H18. The minimum absolute atomic E-state index is 0.564. The molecule has 0 aliphatic rings. The van der Waals surface area contributed by atoms with Crippen molar-refractivity contribution in [2.45, 2.75) is 20.3 Å². The molecule has 1 rings (SSSR count). The van der Waals surface area contributed by atoms with Crippen LogP contribution in [0.3, 0.4) is 0 Å². The first-order valence-electron chi connectivity index (χ1n) is 5.08. The van der Waals surface area contributed by atoms with Crippen LogP contribution in [0.15, 0.2) is 49.1 Å². The molecule has 0 aliphatic carbocycles. The second-order valence-corrected chi connectivity index (χ2v) is 3.70. The minimum atomic E-state index is 0.564. The van der Waals surface area contributed by atoms with Crippen molar-refractivity contribution in [3.63, 3.8) is 0 Å². The Balaban J connectivity index is 2.66. The lowest BCUT2D eigenvalue weighted by Crippen LogP contribution is -1.86. The monoisotopic (exact) mass is 186 g/mol. The SMILES string of the molecule is C=CC(C)C/C=C(\C)c1ccccc1. The zero-order chi connectivity index (χ0) is 10.4. The van der Waals surface area contributed by atoms with Gasteiger partial charge in [-0.25, -0.2) is 0 Å². The first-order valence-corrected chi connectivity index (χ1v) is 5.08. The number of hydrogen-bond acceptors (Lipinski definition) is 0. The van der Waals surface area contributed by atoms with Crippen molar-refractivity contribution in [3.8, 4) is 0 Å². The van der Waals surface area contributed by atoms with E-state index in [1.165, 1.54) is 11.1 Å². The van der Waals surface area contributed by atoms with Crippen LogP contribution in [0.1, 0.15) is 25.8 Å². The zero-order valence-corrected chi connectivity index (χ0v) is 9.03. The van der Waals surface area contributed by atoms with Crippen LogP contribution in [0.2, 0.25) is 0 Å². The van der Waals surface area contributed by atoms with E-state index in [1.807, 2.05) is 12.1 Å². The third-order valence-electron chi connectivity index (χ3n) is 2.43. The standard InChI is InChI=1S/C14H18/c1-4-12(2)10-11-13(3)14-8-6-5-7-9-14/h4-9,11-12H,1,10H2,2-3H3/b13-11+. The average Bonchev–Trinajstić information content (AvgIpc) is 2.26. The minimum Gasteiger partial charge on any atom is -0.103 e. The van der Waals surface area contributed by atoms with Crippen molar-refractivity contribution < 1.29 is 0 Å². The highest BCUT2D eigenvalue weighted by atomic mass is 14.0. The maximum atomic E-state index is 3.78. The number of rotatable bonds is 4. The molecule has 1 aromatic rings. The Bertz CT molecular complexity index is 306. The second kappa shape index (κ2) is 5.43. The van der Waals surface area contributed by atoms with E-state index in [0.29, 0.717) is 5.92 Å². The van der Waals surface area contributed by atoms with Gasteiger partial charge in [-0.05, 0) is 30.4 Å². The van der Waals surface area contributed by atoms with Gasteiger partial charge < -0.3 is 0 Å². The van der Waals surface area contributed by atoms with Gasteiger partial charge in [-0.3, -0.25) is 0 Å². The summed E-state index contributed by atoms with van der Waals surface area (Å²) in [7, 11) is 0. The molecule has 0 aromatic heterocycles. The van der Waals surface area contributed by atoms with E-state index >= 15 is 0 Å². The average molecular weight is 186 g/mol. The molecule has 0 bridgehead atoms. The summed E-state index contributed by atoms with van der Waals surface area (Å²) >= 11 is 0. The molecule has 0 saturated carbocycles. The van der Waals surface area contributed by atoms with Crippen LogP contribution in [-0.4, -0.2) is 0 Å². The van der Waals surface area contributed by atoms with Crippen molar-refractivity contribution in [2.75, 3.05) is 0 Å². The van der Waals surface area contributed by atoms with Crippen LogP contribution in [-0.2, 0) is 0 Å². The first kappa shape index (κ1) is 10.8. The number of benzene rings is 1. The van der Waals surface area contributed by atoms with Crippen molar-refractivity contribution in [1.82, 2.24) is 0 Å². The van der Waals surface area contributed by atoms with Crippen LogP contribution in [0, 0.1) is 5.92 Å². The maximum absolute atomic E-state index is 3.78. The van der Waals surface area contributed by atoms with Gasteiger partial charge in [0.15, 0.2) is 0 Å². The van der Waals surface area contributed by atoms with E-state index in [4.69, 9.17) is 0 Å². The predicted molar refractivity (Wildman–Crippen MR) is 64.1 cm³/mol. The van der Waals surface area contributed by atoms with Gasteiger partial charge in [-0.1, -0.05) is 49.4 Å². The van der Waals surface area contributed by atoms with Gasteiger partial charge in [-0.15, -0.1) is 6.58 Å². The van der Waals surface area contributed by atoms with E-state index in [-0.39, 0.29) is 0 Å². The van der Waals surface area contributed by atoms with Crippen LogP contribution >= 0.6 is 0 Å². The van der Waals surface area contributed by atoms with Gasteiger partial charge in [0.1, 0.15) is 0 Å². The highest BCUT2D eigenvalue weighted by molar-refractivity contribution is 5.63. The maximum Gasteiger partial charge on any atom is -0.0230 e. The van der Waals surface area contributed by atoms with Crippen molar-refractivity contribution >= 4 is 5.57 Å². The Labute approximate surface area is 87.0 Å². The molecule has 0 fully saturated rings. The summed E-state index contributed by atoms with van der Waals surface area (Å²) in [5, 5.41) is 0. The molecule has 1 aromatic carbocycles. The third kappa shape index (κ3) is 3.21. The van der Waals surface area contributed by atoms with Gasteiger partial charge >= 0.3 is 0 Å². The van der Waals surface area contributed by atoms with Crippen LogP contribution in [0.25, 0.3) is 5.57 Å². The molecule has 0 saturated heterocycles. The lowest BCUT2D eigenvalue weighted by atomic mass is 10.0. The fraction of sp³-hybridized carbons (Fsp3) is 0.286. The van der Waals surface area contributed by atoms with Crippen molar-refractivity contribution in [3.05, 3.63) is 54.6 Å². The summed E-state index contributed by atoms with van der Waals surface area (Å²) in [5.41, 5.74) is 2.66. The number of hydrogen-bond donors (Lipinski definition) is 0. The molecule has 0 radical (unpaired) electrons. The van der Waals surface area contributed by atoms with Gasteiger partial charge in [0.05, 0.1) is 0 Å². The quantitative estimate of drug-likeness (QED) is 0.615. The Morgan fingerprint density at radius 3 is 2.57 bits per heavy atom. The molecule has 1 atom stereocenters. The third-order valence-corrected chi connectivity index (χ3v) is 2.43. The van der Waals surface area contributed by atoms with E-state index in [0.717, 1.165) is 6.42 Å². The molecule has 0 nitrogen and oxygen atoms in total. The normalized spacial score (nSPS) is 13.7. The fourth-order valence-electron chi connectivity index (χ4n) is 1.28. The summed E-state index contributed by atoms with van der Waals surface area (Å²) < 4.78 is 0. The van der Waals surface area contributed by atoms with Crippen molar-refractivity contribution in [2.24, 2.45) is 5.92 Å². The van der Waals surface area contributed by atoms with Crippen molar-refractivity contribution in [1.29, 1.82) is 0 Å². The molecule has 0 heterocycles. The summed E-state index contributed by atoms with van der Waals surface area (Å²) in [6, 6.07) is 10.5. The molecule has 0 amide bonds.